The van der Waals surface area contributed by atoms with Crippen LogP contribution >= 0.6 is 11.8 Å². The first kappa shape index (κ1) is 20.8. The summed E-state index contributed by atoms with van der Waals surface area (Å²) in [6.07, 6.45) is 2.07. The van der Waals surface area contributed by atoms with Crippen LogP contribution in [0.3, 0.4) is 0 Å². The standard InChI is InChI=1S/C18H20N4O6S/c1-29-12-2-3-14(22(27)28)13(10-12)18(26)20-8-6-19(7-9-20)17(25)11-21-15(23)4-5-16(21)24/h2-3,10H,4-9,11H2,1H3. The number of nitro benzene ring substituents is 1. The second-order valence-corrected chi connectivity index (χ2v) is 7.57. The molecule has 2 aliphatic heterocycles. The van der Waals surface area contributed by atoms with E-state index in [0.717, 1.165) is 9.80 Å². The zero-order valence-electron chi connectivity index (χ0n) is 15.8. The number of nitrogens with zero attached hydrogens (tertiary/aromatic N) is 4. The van der Waals surface area contributed by atoms with Crippen LogP contribution in [0.5, 0.6) is 0 Å². The Kier molecular flexibility index (Phi) is 6.16. The Bertz CT molecular complexity index is 865. The summed E-state index contributed by atoms with van der Waals surface area (Å²) < 4.78 is 0. The lowest BCUT2D eigenvalue weighted by Crippen LogP contribution is -2.53. The number of hydrogen-bond donors (Lipinski definition) is 0. The summed E-state index contributed by atoms with van der Waals surface area (Å²) >= 11 is 1.38. The van der Waals surface area contributed by atoms with Crippen LogP contribution in [0.15, 0.2) is 23.1 Å². The third kappa shape index (κ3) is 4.39. The molecule has 2 saturated heterocycles. The molecular formula is C18H20N4O6S. The summed E-state index contributed by atoms with van der Waals surface area (Å²) in [6, 6.07) is 4.42. The van der Waals surface area contributed by atoms with Crippen molar-refractivity contribution < 1.29 is 24.1 Å². The van der Waals surface area contributed by atoms with E-state index in [1.54, 1.807) is 6.07 Å². The molecule has 1 aromatic carbocycles. The minimum atomic E-state index is -0.582. The van der Waals surface area contributed by atoms with E-state index >= 15 is 0 Å². The third-order valence-electron chi connectivity index (χ3n) is 5.00. The smallest absolute Gasteiger partial charge is 0.282 e. The monoisotopic (exact) mass is 420 g/mol. The topological polar surface area (TPSA) is 121 Å². The van der Waals surface area contributed by atoms with Gasteiger partial charge in [-0.15, -0.1) is 11.8 Å². The fourth-order valence-electron chi connectivity index (χ4n) is 3.34. The molecule has 2 aliphatic rings. The summed E-state index contributed by atoms with van der Waals surface area (Å²) in [5.41, 5.74) is -0.229. The minimum Gasteiger partial charge on any atom is -0.338 e. The van der Waals surface area contributed by atoms with Crippen LogP contribution in [0.1, 0.15) is 23.2 Å². The molecule has 0 N–H and O–H groups in total. The van der Waals surface area contributed by atoms with Gasteiger partial charge in [-0.3, -0.25) is 34.2 Å². The molecule has 2 fully saturated rings. The van der Waals surface area contributed by atoms with Gasteiger partial charge in [-0.25, -0.2) is 0 Å². The van der Waals surface area contributed by atoms with Crippen molar-refractivity contribution in [1.29, 1.82) is 0 Å². The first-order valence-electron chi connectivity index (χ1n) is 9.04. The number of carbonyl (C=O) groups is 4. The number of amides is 4. The van der Waals surface area contributed by atoms with Crippen LogP contribution in [0.4, 0.5) is 5.69 Å². The molecule has 0 aromatic heterocycles. The molecule has 0 aliphatic carbocycles. The highest BCUT2D eigenvalue weighted by molar-refractivity contribution is 7.98. The maximum Gasteiger partial charge on any atom is 0.282 e. The van der Waals surface area contributed by atoms with E-state index in [4.69, 9.17) is 0 Å². The van der Waals surface area contributed by atoms with Crippen LogP contribution < -0.4 is 0 Å². The fourth-order valence-corrected chi connectivity index (χ4v) is 3.78. The van der Waals surface area contributed by atoms with Gasteiger partial charge in [0.15, 0.2) is 0 Å². The van der Waals surface area contributed by atoms with Gasteiger partial charge in [-0.2, -0.15) is 0 Å². The summed E-state index contributed by atoms with van der Waals surface area (Å²) in [4.78, 5) is 64.0. The number of benzene rings is 1. The molecule has 0 spiro atoms. The Morgan fingerprint density at radius 3 is 2.21 bits per heavy atom. The van der Waals surface area contributed by atoms with Gasteiger partial charge < -0.3 is 9.80 Å². The predicted octanol–water partition coefficient (Wildman–Crippen LogP) is 0.750. The second kappa shape index (κ2) is 8.60. The molecule has 0 bridgehead atoms. The van der Waals surface area contributed by atoms with Crippen molar-refractivity contribution in [2.45, 2.75) is 17.7 Å². The average molecular weight is 420 g/mol. The molecule has 0 saturated carbocycles. The molecule has 2 heterocycles. The second-order valence-electron chi connectivity index (χ2n) is 6.69. The Hall–Kier alpha value is -2.95. The maximum absolute atomic E-state index is 12.8. The zero-order valence-corrected chi connectivity index (χ0v) is 16.6. The van der Waals surface area contributed by atoms with Crippen molar-refractivity contribution in [2.75, 3.05) is 39.0 Å². The molecule has 3 rings (SSSR count). The molecular weight excluding hydrogens is 400 g/mol. The summed E-state index contributed by atoms with van der Waals surface area (Å²) in [5, 5.41) is 11.3. The van der Waals surface area contributed by atoms with Crippen molar-refractivity contribution in [3.63, 3.8) is 0 Å². The molecule has 154 valence electrons. The number of rotatable bonds is 5. The fraction of sp³-hybridized carbons (Fsp3) is 0.444. The van der Waals surface area contributed by atoms with Crippen molar-refractivity contribution in [2.24, 2.45) is 0 Å². The highest BCUT2D eigenvalue weighted by Gasteiger charge is 2.34. The number of imide groups is 1. The number of nitro groups is 1. The maximum atomic E-state index is 12.8. The SMILES string of the molecule is CSc1ccc([N+](=O)[O-])c(C(=O)N2CCN(C(=O)CN3C(=O)CCC3=O)CC2)c1. The first-order valence-corrected chi connectivity index (χ1v) is 10.3. The quantitative estimate of drug-likeness (QED) is 0.298. The predicted molar refractivity (Wildman–Crippen MR) is 103 cm³/mol. The Morgan fingerprint density at radius 1 is 1.07 bits per heavy atom. The lowest BCUT2D eigenvalue weighted by molar-refractivity contribution is -0.385. The van der Waals surface area contributed by atoms with E-state index in [1.165, 1.54) is 33.7 Å². The van der Waals surface area contributed by atoms with Crippen molar-refractivity contribution in [1.82, 2.24) is 14.7 Å². The summed E-state index contributed by atoms with van der Waals surface area (Å²) in [7, 11) is 0. The van der Waals surface area contributed by atoms with Crippen LogP contribution in [0, 0.1) is 10.1 Å². The lowest BCUT2D eigenvalue weighted by Gasteiger charge is -2.35. The Balaban J connectivity index is 1.64. The van der Waals surface area contributed by atoms with Gasteiger partial charge in [0.05, 0.1) is 4.92 Å². The van der Waals surface area contributed by atoms with Crippen molar-refractivity contribution in [3.8, 4) is 0 Å². The molecule has 0 unspecified atom stereocenters. The highest BCUT2D eigenvalue weighted by Crippen LogP contribution is 2.26. The van der Waals surface area contributed by atoms with Gasteiger partial charge in [0.2, 0.25) is 17.7 Å². The Labute approximate surface area is 171 Å². The lowest BCUT2D eigenvalue weighted by atomic mass is 10.1. The van der Waals surface area contributed by atoms with Crippen LogP contribution in [-0.2, 0) is 14.4 Å². The van der Waals surface area contributed by atoms with Crippen molar-refractivity contribution >= 4 is 41.1 Å². The van der Waals surface area contributed by atoms with Gasteiger partial charge >= 0.3 is 0 Å². The van der Waals surface area contributed by atoms with E-state index in [9.17, 15) is 29.3 Å². The number of piperazine rings is 1. The molecule has 11 heteroatoms. The van der Waals surface area contributed by atoms with Crippen molar-refractivity contribution in [3.05, 3.63) is 33.9 Å². The first-order chi connectivity index (χ1) is 13.8. The minimum absolute atomic E-state index is 0.0230. The van der Waals surface area contributed by atoms with E-state index in [2.05, 4.69) is 0 Å². The largest absolute Gasteiger partial charge is 0.338 e. The van der Waals surface area contributed by atoms with Crippen LogP contribution in [-0.4, -0.2) is 82.2 Å². The van der Waals surface area contributed by atoms with Crippen LogP contribution in [0.25, 0.3) is 0 Å². The van der Waals surface area contributed by atoms with Gasteiger partial charge in [-0.05, 0) is 18.4 Å². The molecule has 1 aromatic rings. The number of carbonyl (C=O) groups excluding carboxylic acids is 4. The van der Waals surface area contributed by atoms with Gasteiger partial charge in [0, 0.05) is 50.0 Å². The molecule has 0 atom stereocenters. The highest BCUT2D eigenvalue weighted by atomic mass is 32.2. The zero-order chi connectivity index (χ0) is 21.1. The number of hydrogen-bond acceptors (Lipinski definition) is 7. The van der Waals surface area contributed by atoms with Gasteiger partial charge in [-0.1, -0.05) is 0 Å². The van der Waals surface area contributed by atoms with Crippen LogP contribution in [0.2, 0.25) is 0 Å². The van der Waals surface area contributed by atoms with Gasteiger partial charge in [0.1, 0.15) is 12.1 Å². The number of likely N-dealkylation sites (tertiary alicyclic amines) is 1. The van der Waals surface area contributed by atoms with E-state index in [0.29, 0.717) is 0 Å². The molecule has 4 amide bonds. The third-order valence-corrected chi connectivity index (χ3v) is 5.72. The number of thioether (sulfide) groups is 1. The summed E-state index contributed by atoms with van der Waals surface area (Å²) in [5.74, 6) is -1.50. The normalized spacial score (nSPS) is 17.1. The molecule has 0 radical (unpaired) electrons. The van der Waals surface area contributed by atoms with E-state index in [1.807, 2.05) is 6.26 Å². The van der Waals surface area contributed by atoms with Gasteiger partial charge in [0.25, 0.3) is 11.6 Å². The van der Waals surface area contributed by atoms with E-state index < -0.39 is 10.8 Å². The molecule has 10 nitrogen and oxygen atoms in total. The van der Waals surface area contributed by atoms with E-state index in [-0.39, 0.29) is 74.5 Å². The Morgan fingerprint density at radius 2 is 1.66 bits per heavy atom. The average Bonchev–Trinajstić information content (AvgIpc) is 3.04. The molecule has 29 heavy (non-hydrogen) atoms. The summed E-state index contributed by atoms with van der Waals surface area (Å²) in [6.45, 7) is 0.612.